The Balaban J connectivity index is 1.90. The Labute approximate surface area is 106 Å². The molecule has 4 nitrogen and oxygen atoms in total. The molecular weight excluding hydrogens is 234 g/mol. The van der Waals surface area contributed by atoms with Gasteiger partial charge in [0.15, 0.2) is 5.96 Å². The molecule has 1 aromatic rings. The molecular formula is C12H19N3OS. The van der Waals surface area contributed by atoms with Gasteiger partial charge in [0.2, 0.25) is 0 Å². The highest BCUT2D eigenvalue weighted by molar-refractivity contribution is 7.11. The molecule has 0 aromatic carbocycles. The minimum atomic E-state index is 0.639. The maximum atomic E-state index is 5.96. The first-order chi connectivity index (χ1) is 8.29. The van der Waals surface area contributed by atoms with Crippen LogP contribution in [0.25, 0.3) is 0 Å². The second-order valence-corrected chi connectivity index (χ2v) is 5.25. The van der Waals surface area contributed by atoms with Crippen LogP contribution in [-0.2, 0) is 17.7 Å². The molecule has 2 N–H and O–H groups in total. The summed E-state index contributed by atoms with van der Waals surface area (Å²) in [6.45, 7) is 6.04. The van der Waals surface area contributed by atoms with E-state index in [4.69, 9.17) is 10.5 Å². The number of aryl methyl sites for hydroxylation is 1. The largest absolute Gasteiger partial charge is 0.378 e. The van der Waals surface area contributed by atoms with Crippen LogP contribution in [0.5, 0.6) is 0 Å². The van der Waals surface area contributed by atoms with Gasteiger partial charge in [-0.1, -0.05) is 6.92 Å². The summed E-state index contributed by atoms with van der Waals surface area (Å²) in [6, 6.07) is 4.31. The molecule has 0 unspecified atom stereocenters. The Morgan fingerprint density at radius 1 is 1.41 bits per heavy atom. The minimum absolute atomic E-state index is 0.639. The fourth-order valence-electron chi connectivity index (χ4n) is 1.75. The molecule has 0 aliphatic carbocycles. The van der Waals surface area contributed by atoms with Gasteiger partial charge in [-0.25, -0.2) is 4.99 Å². The van der Waals surface area contributed by atoms with Crippen molar-refractivity contribution in [3.63, 3.8) is 0 Å². The van der Waals surface area contributed by atoms with E-state index >= 15 is 0 Å². The van der Waals surface area contributed by atoms with Crippen LogP contribution in [0.2, 0.25) is 0 Å². The third-order valence-corrected chi connectivity index (χ3v) is 4.01. The molecule has 1 aliphatic rings. The Morgan fingerprint density at radius 2 is 2.12 bits per heavy atom. The van der Waals surface area contributed by atoms with E-state index in [1.807, 2.05) is 11.3 Å². The van der Waals surface area contributed by atoms with Crippen molar-refractivity contribution in [3.8, 4) is 0 Å². The van der Waals surface area contributed by atoms with Gasteiger partial charge in [-0.15, -0.1) is 11.3 Å². The van der Waals surface area contributed by atoms with Gasteiger partial charge in [0.05, 0.1) is 19.8 Å². The van der Waals surface area contributed by atoms with Crippen LogP contribution >= 0.6 is 11.3 Å². The van der Waals surface area contributed by atoms with Crippen molar-refractivity contribution in [2.24, 2.45) is 10.7 Å². The fraction of sp³-hybridized carbons (Fsp3) is 0.583. The topological polar surface area (TPSA) is 50.8 Å². The number of ether oxygens (including phenoxy) is 1. The van der Waals surface area contributed by atoms with Gasteiger partial charge in [-0.3, -0.25) is 0 Å². The Kier molecular flexibility index (Phi) is 4.39. The van der Waals surface area contributed by atoms with Gasteiger partial charge in [-0.2, -0.15) is 0 Å². The number of rotatable bonds is 3. The van der Waals surface area contributed by atoms with Crippen LogP contribution in [0.1, 0.15) is 16.7 Å². The van der Waals surface area contributed by atoms with Crippen molar-refractivity contribution in [2.75, 3.05) is 26.3 Å². The van der Waals surface area contributed by atoms with Crippen LogP contribution < -0.4 is 5.73 Å². The zero-order chi connectivity index (χ0) is 12.1. The zero-order valence-electron chi connectivity index (χ0n) is 10.2. The normalized spacial score (nSPS) is 17.5. The first-order valence-electron chi connectivity index (χ1n) is 6.00. The lowest BCUT2D eigenvalue weighted by Gasteiger charge is -2.27. The maximum Gasteiger partial charge on any atom is 0.191 e. The number of hydrogen-bond acceptors (Lipinski definition) is 3. The van der Waals surface area contributed by atoms with Crippen LogP contribution in [0.4, 0.5) is 0 Å². The van der Waals surface area contributed by atoms with E-state index in [9.17, 15) is 0 Å². The number of guanidine groups is 1. The molecule has 17 heavy (non-hydrogen) atoms. The van der Waals surface area contributed by atoms with Crippen molar-refractivity contribution < 1.29 is 4.74 Å². The molecule has 2 rings (SSSR count). The van der Waals surface area contributed by atoms with E-state index in [-0.39, 0.29) is 0 Å². The van der Waals surface area contributed by atoms with Crippen molar-refractivity contribution in [1.82, 2.24) is 4.90 Å². The third kappa shape index (κ3) is 3.44. The number of thiophene rings is 1. The maximum absolute atomic E-state index is 5.96. The highest BCUT2D eigenvalue weighted by Crippen LogP contribution is 2.17. The Bertz CT molecular complexity index is 383. The van der Waals surface area contributed by atoms with Crippen molar-refractivity contribution >= 4 is 17.3 Å². The Morgan fingerprint density at radius 3 is 2.76 bits per heavy atom. The van der Waals surface area contributed by atoms with E-state index in [0.717, 1.165) is 32.7 Å². The van der Waals surface area contributed by atoms with E-state index in [1.54, 1.807) is 0 Å². The van der Waals surface area contributed by atoms with Crippen LogP contribution in [-0.4, -0.2) is 37.2 Å². The molecule has 0 bridgehead atoms. The summed E-state index contributed by atoms with van der Waals surface area (Å²) in [4.78, 5) is 9.20. The molecule has 0 spiro atoms. The quantitative estimate of drug-likeness (QED) is 0.655. The average Bonchev–Trinajstić information content (AvgIpc) is 2.85. The number of hydrogen-bond donors (Lipinski definition) is 1. The van der Waals surface area contributed by atoms with Gasteiger partial charge >= 0.3 is 0 Å². The van der Waals surface area contributed by atoms with Gasteiger partial charge in [0, 0.05) is 22.8 Å². The third-order valence-electron chi connectivity index (χ3n) is 2.80. The minimum Gasteiger partial charge on any atom is -0.378 e. The summed E-state index contributed by atoms with van der Waals surface area (Å²) in [7, 11) is 0. The lowest BCUT2D eigenvalue weighted by molar-refractivity contribution is 0.0674. The number of nitrogens with zero attached hydrogens (tertiary/aromatic N) is 2. The number of nitrogens with two attached hydrogens (primary N) is 1. The lowest BCUT2D eigenvalue weighted by Crippen LogP contribution is -2.44. The first kappa shape index (κ1) is 12.4. The van der Waals surface area contributed by atoms with Crippen LogP contribution in [0.3, 0.4) is 0 Å². The molecule has 1 aliphatic heterocycles. The van der Waals surface area contributed by atoms with E-state index in [0.29, 0.717) is 12.5 Å². The SMILES string of the molecule is CCc1ccc(CN=C(N)N2CCOCC2)s1. The highest BCUT2D eigenvalue weighted by atomic mass is 32.1. The molecule has 0 radical (unpaired) electrons. The first-order valence-corrected chi connectivity index (χ1v) is 6.81. The molecule has 1 saturated heterocycles. The molecule has 1 fully saturated rings. The Hall–Kier alpha value is -1.07. The number of aliphatic imine (C=N–C) groups is 1. The van der Waals surface area contributed by atoms with Crippen molar-refractivity contribution in [3.05, 3.63) is 21.9 Å². The van der Waals surface area contributed by atoms with E-state index < -0.39 is 0 Å². The number of morpholine rings is 1. The second-order valence-electron chi connectivity index (χ2n) is 4.00. The summed E-state index contributed by atoms with van der Waals surface area (Å²) in [5.74, 6) is 0.639. The fourth-order valence-corrected chi connectivity index (χ4v) is 2.63. The highest BCUT2D eigenvalue weighted by Gasteiger charge is 2.11. The molecule has 1 aromatic heterocycles. The molecule has 5 heteroatoms. The average molecular weight is 253 g/mol. The van der Waals surface area contributed by atoms with Crippen molar-refractivity contribution in [1.29, 1.82) is 0 Å². The second kappa shape index (κ2) is 6.02. The lowest BCUT2D eigenvalue weighted by atomic mass is 10.4. The summed E-state index contributed by atoms with van der Waals surface area (Å²) >= 11 is 1.82. The predicted molar refractivity (Wildman–Crippen MR) is 71.4 cm³/mol. The van der Waals surface area contributed by atoms with Crippen molar-refractivity contribution in [2.45, 2.75) is 19.9 Å². The molecule has 94 valence electrons. The molecule has 0 amide bonds. The molecule has 0 atom stereocenters. The van der Waals surface area contributed by atoms with Crippen LogP contribution in [0, 0.1) is 0 Å². The van der Waals surface area contributed by atoms with Crippen LogP contribution in [0.15, 0.2) is 17.1 Å². The van der Waals surface area contributed by atoms with Gasteiger partial charge in [0.25, 0.3) is 0 Å². The predicted octanol–water partition coefficient (Wildman–Crippen LogP) is 1.46. The summed E-state index contributed by atoms with van der Waals surface area (Å²) in [5.41, 5.74) is 5.96. The standard InChI is InChI=1S/C12H19N3OS/c1-2-10-3-4-11(17-10)9-14-12(13)15-5-7-16-8-6-15/h3-4H,2,5-9H2,1H3,(H2,13,14). The van der Waals surface area contributed by atoms with E-state index in [1.165, 1.54) is 9.75 Å². The summed E-state index contributed by atoms with van der Waals surface area (Å²) in [6.07, 6.45) is 1.09. The molecule has 2 heterocycles. The summed E-state index contributed by atoms with van der Waals surface area (Å²) in [5, 5.41) is 0. The van der Waals surface area contributed by atoms with Gasteiger partial charge in [-0.05, 0) is 18.6 Å². The zero-order valence-corrected chi connectivity index (χ0v) is 11.0. The smallest absolute Gasteiger partial charge is 0.191 e. The summed E-state index contributed by atoms with van der Waals surface area (Å²) < 4.78 is 5.28. The monoisotopic (exact) mass is 253 g/mol. The van der Waals surface area contributed by atoms with Gasteiger partial charge < -0.3 is 15.4 Å². The van der Waals surface area contributed by atoms with Gasteiger partial charge in [0.1, 0.15) is 0 Å². The molecule has 0 saturated carbocycles. The van der Waals surface area contributed by atoms with E-state index in [2.05, 4.69) is 28.9 Å².